The zero-order valence-electron chi connectivity index (χ0n) is 12.0. The normalized spacial score (nSPS) is 20.3. The average Bonchev–Trinajstić information content (AvgIpc) is 2.78. The summed E-state index contributed by atoms with van der Waals surface area (Å²) in [6.07, 6.45) is 0. The number of ether oxygens (including phenoxy) is 1. The molecule has 0 radical (unpaired) electrons. The first kappa shape index (κ1) is 14.3. The van der Waals surface area contributed by atoms with Crippen LogP contribution in [-0.4, -0.2) is 6.61 Å². The minimum Gasteiger partial charge on any atom is -0.457 e. The maximum Gasteiger partial charge on any atom is 0.362 e. The highest BCUT2D eigenvalue weighted by Gasteiger charge is 2.38. The molecule has 0 N–H and O–H groups in total. The van der Waals surface area contributed by atoms with Crippen LogP contribution in [0.3, 0.4) is 0 Å². The maximum absolute atomic E-state index is 12.6. The fourth-order valence-electron chi connectivity index (χ4n) is 2.49. The van der Waals surface area contributed by atoms with Crippen LogP contribution in [0.5, 0.6) is 11.5 Å². The van der Waals surface area contributed by atoms with Gasteiger partial charge in [-0.2, -0.15) is 0 Å². The highest BCUT2D eigenvalue weighted by atomic mass is 31.2. The lowest BCUT2D eigenvalue weighted by Crippen LogP contribution is -2.10. The van der Waals surface area contributed by atoms with E-state index in [1.54, 1.807) is 0 Å². The molecule has 0 aromatic heterocycles. The Hall–Kier alpha value is -1.61. The van der Waals surface area contributed by atoms with Gasteiger partial charge in [-0.1, -0.05) is 18.2 Å². The molecule has 0 fully saturated rings. The Morgan fingerprint density at radius 3 is 2.67 bits per heavy atom. The van der Waals surface area contributed by atoms with Crippen LogP contribution < -0.4 is 10.0 Å². The molecule has 2 aromatic carbocycles. The van der Waals surface area contributed by atoms with Crippen LogP contribution in [0.4, 0.5) is 0 Å². The number of rotatable bonds is 4. The van der Waals surface area contributed by atoms with Crippen molar-refractivity contribution >= 4 is 12.9 Å². The second kappa shape index (κ2) is 5.64. The minimum atomic E-state index is -3.16. The van der Waals surface area contributed by atoms with Crippen molar-refractivity contribution in [1.29, 1.82) is 0 Å². The summed E-state index contributed by atoms with van der Waals surface area (Å²) in [7, 11) is -3.16. The summed E-state index contributed by atoms with van der Waals surface area (Å²) >= 11 is 0. The summed E-state index contributed by atoms with van der Waals surface area (Å²) in [4.78, 5) is 0. The molecular formula is C16H17O4P. The van der Waals surface area contributed by atoms with Crippen molar-refractivity contribution in [1.82, 2.24) is 0 Å². The summed E-state index contributed by atoms with van der Waals surface area (Å²) < 4.78 is 29.2. The van der Waals surface area contributed by atoms with Gasteiger partial charge < -0.3 is 13.8 Å². The Morgan fingerprint density at radius 1 is 1.19 bits per heavy atom. The Kier molecular flexibility index (Phi) is 3.85. The molecule has 1 unspecified atom stereocenters. The van der Waals surface area contributed by atoms with Gasteiger partial charge >= 0.3 is 7.60 Å². The van der Waals surface area contributed by atoms with E-state index in [-0.39, 0.29) is 0 Å². The third-order valence-electron chi connectivity index (χ3n) is 3.29. The Bertz CT molecular complexity index is 697. The lowest BCUT2D eigenvalue weighted by molar-refractivity contribution is 0.225. The van der Waals surface area contributed by atoms with Crippen molar-refractivity contribution in [3.05, 3.63) is 53.6 Å². The van der Waals surface area contributed by atoms with Crippen LogP contribution in [0.15, 0.2) is 42.5 Å². The van der Waals surface area contributed by atoms with Gasteiger partial charge in [0.05, 0.1) is 18.5 Å². The molecule has 0 spiro atoms. The van der Waals surface area contributed by atoms with E-state index in [2.05, 4.69) is 0 Å². The maximum atomic E-state index is 12.6. The molecule has 1 aliphatic rings. The van der Waals surface area contributed by atoms with Crippen LogP contribution in [0.25, 0.3) is 0 Å². The zero-order valence-corrected chi connectivity index (χ0v) is 12.9. The van der Waals surface area contributed by atoms with Gasteiger partial charge in [-0.25, -0.2) is 0 Å². The van der Waals surface area contributed by atoms with Crippen molar-refractivity contribution in [2.24, 2.45) is 0 Å². The summed E-state index contributed by atoms with van der Waals surface area (Å²) in [5.41, 5.74) is 1.74. The van der Waals surface area contributed by atoms with Crippen LogP contribution in [0.2, 0.25) is 0 Å². The van der Waals surface area contributed by atoms with Crippen LogP contribution in [0, 0.1) is 6.92 Å². The van der Waals surface area contributed by atoms with E-state index in [4.69, 9.17) is 13.8 Å². The third-order valence-corrected chi connectivity index (χ3v) is 5.55. The second-order valence-corrected chi connectivity index (χ2v) is 6.81. The van der Waals surface area contributed by atoms with E-state index in [1.807, 2.05) is 56.3 Å². The molecule has 3 rings (SSSR count). The first-order chi connectivity index (χ1) is 10.1. The number of aryl methyl sites for hydroxylation is 1. The molecule has 0 saturated heterocycles. The Labute approximate surface area is 124 Å². The molecule has 5 heteroatoms. The van der Waals surface area contributed by atoms with Gasteiger partial charge in [0.2, 0.25) is 0 Å². The van der Waals surface area contributed by atoms with Crippen LogP contribution in [-0.2, 0) is 20.2 Å². The van der Waals surface area contributed by atoms with E-state index in [0.29, 0.717) is 24.3 Å². The quantitative estimate of drug-likeness (QED) is 0.795. The second-order valence-electron chi connectivity index (χ2n) is 4.85. The molecule has 0 bridgehead atoms. The summed E-state index contributed by atoms with van der Waals surface area (Å²) in [5.74, 6) is 1.48. The number of para-hydroxylation sites is 1. The van der Waals surface area contributed by atoms with Gasteiger partial charge in [0.25, 0.3) is 0 Å². The fourth-order valence-corrected chi connectivity index (χ4v) is 4.45. The first-order valence-electron chi connectivity index (χ1n) is 6.88. The molecule has 0 saturated carbocycles. The standard InChI is InChI=1S/C16H17O4P/c1-3-18-21(17)16-12(2)9-15(10-13(16)11-19-21)20-14-7-5-4-6-8-14/h4-10H,3,11H2,1-2H3. The molecule has 1 aliphatic heterocycles. The topological polar surface area (TPSA) is 44.8 Å². The lowest BCUT2D eigenvalue weighted by atomic mass is 10.1. The molecule has 0 aliphatic carbocycles. The molecular weight excluding hydrogens is 287 g/mol. The minimum absolute atomic E-state index is 0.291. The SMILES string of the molecule is CCOP1(=O)OCc2cc(Oc3ccccc3)cc(C)c21. The Morgan fingerprint density at radius 2 is 1.95 bits per heavy atom. The monoisotopic (exact) mass is 304 g/mol. The van der Waals surface area contributed by atoms with Gasteiger partial charge in [0.1, 0.15) is 11.5 Å². The van der Waals surface area contributed by atoms with Gasteiger partial charge in [0, 0.05) is 0 Å². The van der Waals surface area contributed by atoms with Crippen molar-refractivity contribution in [2.75, 3.05) is 6.61 Å². The van der Waals surface area contributed by atoms with Gasteiger partial charge in [-0.3, -0.25) is 4.57 Å². The number of hydrogen-bond acceptors (Lipinski definition) is 4. The molecule has 4 nitrogen and oxygen atoms in total. The van der Waals surface area contributed by atoms with E-state index in [9.17, 15) is 4.57 Å². The molecule has 1 atom stereocenters. The largest absolute Gasteiger partial charge is 0.457 e. The van der Waals surface area contributed by atoms with E-state index < -0.39 is 7.60 Å². The molecule has 2 aromatic rings. The van der Waals surface area contributed by atoms with Crippen molar-refractivity contribution in [3.63, 3.8) is 0 Å². The smallest absolute Gasteiger partial charge is 0.362 e. The Balaban J connectivity index is 1.95. The van der Waals surface area contributed by atoms with Gasteiger partial charge in [0.15, 0.2) is 0 Å². The number of hydrogen-bond donors (Lipinski definition) is 0. The van der Waals surface area contributed by atoms with Crippen LogP contribution >= 0.6 is 7.60 Å². The summed E-state index contributed by atoms with van der Waals surface area (Å²) in [6, 6.07) is 13.3. The molecule has 21 heavy (non-hydrogen) atoms. The molecule has 110 valence electrons. The van der Waals surface area contributed by atoms with Crippen molar-refractivity contribution in [3.8, 4) is 11.5 Å². The van der Waals surface area contributed by atoms with Gasteiger partial charge in [-0.05, 0) is 49.2 Å². The van der Waals surface area contributed by atoms with E-state index in [1.165, 1.54) is 0 Å². The van der Waals surface area contributed by atoms with Crippen molar-refractivity contribution in [2.45, 2.75) is 20.5 Å². The molecule has 0 amide bonds. The number of fused-ring (bicyclic) bond motifs is 1. The highest BCUT2D eigenvalue weighted by molar-refractivity contribution is 7.62. The van der Waals surface area contributed by atoms with Crippen molar-refractivity contribution < 1.29 is 18.3 Å². The predicted molar refractivity (Wildman–Crippen MR) is 81.4 cm³/mol. The van der Waals surface area contributed by atoms with Crippen LogP contribution in [0.1, 0.15) is 18.1 Å². The summed E-state index contributed by atoms with van der Waals surface area (Å²) in [6.45, 7) is 4.36. The molecule has 1 heterocycles. The first-order valence-corrected chi connectivity index (χ1v) is 8.43. The number of benzene rings is 2. The highest BCUT2D eigenvalue weighted by Crippen LogP contribution is 2.54. The average molecular weight is 304 g/mol. The third kappa shape index (κ3) is 2.75. The fraction of sp³-hybridized carbons (Fsp3) is 0.250. The van der Waals surface area contributed by atoms with E-state index in [0.717, 1.165) is 16.9 Å². The van der Waals surface area contributed by atoms with Gasteiger partial charge in [-0.15, -0.1) is 0 Å². The van der Waals surface area contributed by atoms with E-state index >= 15 is 0 Å². The predicted octanol–water partition coefficient (Wildman–Crippen LogP) is 4.17. The lowest BCUT2D eigenvalue weighted by Gasteiger charge is -2.14. The zero-order chi connectivity index (χ0) is 14.9. The summed E-state index contributed by atoms with van der Waals surface area (Å²) in [5, 5.41) is 0.685.